The average Bonchev–Trinajstić information content (AvgIpc) is 3.15. The van der Waals surface area contributed by atoms with Crippen molar-refractivity contribution in [2.45, 2.75) is 57.9 Å². The van der Waals surface area contributed by atoms with Gasteiger partial charge in [0.05, 0.1) is 0 Å². The van der Waals surface area contributed by atoms with Crippen molar-refractivity contribution in [3.63, 3.8) is 0 Å². The molecule has 0 heterocycles. The Bertz CT molecular complexity index is 413. The predicted molar refractivity (Wildman–Crippen MR) is 85.9 cm³/mol. The summed E-state index contributed by atoms with van der Waals surface area (Å²) in [6.07, 6.45) is 6.98. The molecule has 2 aliphatic carbocycles. The van der Waals surface area contributed by atoms with Crippen LogP contribution in [0.3, 0.4) is 0 Å². The van der Waals surface area contributed by atoms with E-state index in [9.17, 15) is 0 Å². The molecule has 0 amide bonds. The third-order valence-electron chi connectivity index (χ3n) is 5.40. The molecule has 1 heteroatoms. The molecule has 1 aromatic rings. The van der Waals surface area contributed by atoms with Crippen molar-refractivity contribution >= 4 is 0 Å². The molecule has 0 spiro atoms. The molecule has 0 radical (unpaired) electrons. The third-order valence-corrected chi connectivity index (χ3v) is 5.40. The van der Waals surface area contributed by atoms with Crippen LogP contribution in [0.15, 0.2) is 30.3 Å². The summed E-state index contributed by atoms with van der Waals surface area (Å²) in [5.41, 5.74) is 1.56. The second kappa shape index (κ2) is 6.30. The van der Waals surface area contributed by atoms with Crippen LogP contribution in [0.1, 0.15) is 57.4 Å². The van der Waals surface area contributed by atoms with E-state index in [2.05, 4.69) is 49.5 Å². The quantitative estimate of drug-likeness (QED) is 0.797. The molecule has 0 aliphatic heterocycles. The largest absolute Gasteiger partial charge is 0.313 e. The Morgan fingerprint density at radius 3 is 2.60 bits per heavy atom. The van der Waals surface area contributed by atoms with E-state index in [1.807, 2.05) is 0 Å². The fraction of sp³-hybridized carbons (Fsp3) is 0.684. The maximum absolute atomic E-state index is 3.89. The summed E-state index contributed by atoms with van der Waals surface area (Å²) in [6, 6.07) is 11.9. The number of nitrogens with one attached hydrogen (secondary N) is 1. The molecule has 1 nitrogen and oxygen atoms in total. The van der Waals surface area contributed by atoms with E-state index >= 15 is 0 Å². The lowest BCUT2D eigenvalue weighted by molar-refractivity contribution is 0.315. The second-order valence-electron chi connectivity index (χ2n) is 7.07. The van der Waals surface area contributed by atoms with Crippen molar-refractivity contribution in [1.82, 2.24) is 5.32 Å². The SMILES string of the molecule is CCCNC(C1CCC(C)C1)C1CC1c1ccccc1. The van der Waals surface area contributed by atoms with Crippen LogP contribution >= 0.6 is 0 Å². The van der Waals surface area contributed by atoms with Crippen molar-refractivity contribution in [2.24, 2.45) is 17.8 Å². The number of hydrogen-bond acceptors (Lipinski definition) is 1. The van der Waals surface area contributed by atoms with Crippen LogP contribution in [0, 0.1) is 17.8 Å². The van der Waals surface area contributed by atoms with Crippen LogP contribution in [0.2, 0.25) is 0 Å². The summed E-state index contributed by atoms with van der Waals surface area (Å²) >= 11 is 0. The molecular formula is C19H29N. The third kappa shape index (κ3) is 3.09. The molecule has 5 atom stereocenters. The van der Waals surface area contributed by atoms with Crippen molar-refractivity contribution in [3.05, 3.63) is 35.9 Å². The van der Waals surface area contributed by atoms with E-state index in [1.165, 1.54) is 38.6 Å². The summed E-state index contributed by atoms with van der Waals surface area (Å²) in [7, 11) is 0. The molecule has 2 saturated carbocycles. The summed E-state index contributed by atoms with van der Waals surface area (Å²) in [6.45, 7) is 5.90. The van der Waals surface area contributed by atoms with Gasteiger partial charge in [-0.05, 0) is 61.5 Å². The van der Waals surface area contributed by atoms with Crippen molar-refractivity contribution in [2.75, 3.05) is 6.54 Å². The number of hydrogen-bond donors (Lipinski definition) is 1. The first kappa shape index (κ1) is 14.1. The summed E-state index contributed by atoms with van der Waals surface area (Å²) < 4.78 is 0. The maximum atomic E-state index is 3.89. The minimum absolute atomic E-state index is 0.769. The second-order valence-corrected chi connectivity index (χ2v) is 7.07. The zero-order chi connectivity index (χ0) is 13.9. The van der Waals surface area contributed by atoms with Gasteiger partial charge in [-0.3, -0.25) is 0 Å². The normalized spacial score (nSPS) is 34.1. The van der Waals surface area contributed by atoms with E-state index in [0.717, 1.165) is 29.7 Å². The predicted octanol–water partition coefficient (Wildman–Crippen LogP) is 4.59. The molecular weight excluding hydrogens is 242 g/mol. The highest BCUT2D eigenvalue weighted by atomic mass is 14.9. The fourth-order valence-corrected chi connectivity index (χ4v) is 4.25. The highest BCUT2D eigenvalue weighted by Gasteiger charge is 2.47. The van der Waals surface area contributed by atoms with Crippen LogP contribution in [0.25, 0.3) is 0 Å². The van der Waals surface area contributed by atoms with E-state index < -0.39 is 0 Å². The first-order valence-corrected chi connectivity index (χ1v) is 8.58. The summed E-state index contributed by atoms with van der Waals surface area (Å²) in [5, 5.41) is 3.89. The summed E-state index contributed by atoms with van der Waals surface area (Å²) in [4.78, 5) is 0. The Morgan fingerprint density at radius 1 is 1.15 bits per heavy atom. The van der Waals surface area contributed by atoms with Gasteiger partial charge in [-0.15, -0.1) is 0 Å². The Morgan fingerprint density at radius 2 is 1.95 bits per heavy atom. The zero-order valence-corrected chi connectivity index (χ0v) is 13.0. The molecule has 3 rings (SSSR count). The van der Waals surface area contributed by atoms with Crippen molar-refractivity contribution in [3.8, 4) is 0 Å². The first-order chi connectivity index (χ1) is 9.79. The molecule has 0 aromatic heterocycles. The molecule has 110 valence electrons. The minimum Gasteiger partial charge on any atom is -0.313 e. The Balaban J connectivity index is 1.65. The maximum Gasteiger partial charge on any atom is 0.0130 e. The topological polar surface area (TPSA) is 12.0 Å². The lowest BCUT2D eigenvalue weighted by Gasteiger charge is -2.25. The van der Waals surface area contributed by atoms with E-state index in [-0.39, 0.29) is 0 Å². The zero-order valence-electron chi connectivity index (χ0n) is 13.0. The van der Waals surface area contributed by atoms with Gasteiger partial charge < -0.3 is 5.32 Å². The van der Waals surface area contributed by atoms with Gasteiger partial charge >= 0.3 is 0 Å². The highest BCUT2D eigenvalue weighted by molar-refractivity contribution is 5.27. The van der Waals surface area contributed by atoms with E-state index in [4.69, 9.17) is 0 Å². The minimum atomic E-state index is 0.769. The number of benzene rings is 1. The van der Waals surface area contributed by atoms with Crippen LogP contribution in [0.5, 0.6) is 0 Å². The van der Waals surface area contributed by atoms with Crippen LogP contribution in [-0.2, 0) is 0 Å². The van der Waals surface area contributed by atoms with Crippen LogP contribution in [-0.4, -0.2) is 12.6 Å². The van der Waals surface area contributed by atoms with Crippen LogP contribution < -0.4 is 5.32 Å². The molecule has 1 aromatic carbocycles. The molecule has 2 fully saturated rings. The average molecular weight is 271 g/mol. The van der Waals surface area contributed by atoms with Crippen LogP contribution in [0.4, 0.5) is 0 Å². The molecule has 20 heavy (non-hydrogen) atoms. The molecule has 1 N–H and O–H groups in total. The van der Waals surface area contributed by atoms with E-state index in [0.29, 0.717) is 0 Å². The first-order valence-electron chi connectivity index (χ1n) is 8.58. The van der Waals surface area contributed by atoms with Crippen molar-refractivity contribution in [1.29, 1.82) is 0 Å². The standard InChI is InChI=1S/C19H29N/c1-3-11-20-19(16-10-9-14(2)12-16)18-13-17(18)15-7-5-4-6-8-15/h4-8,14,16-20H,3,9-13H2,1-2H3. The van der Waals surface area contributed by atoms with Gasteiger partial charge in [0, 0.05) is 6.04 Å². The van der Waals surface area contributed by atoms with Gasteiger partial charge in [0.1, 0.15) is 0 Å². The molecule has 0 saturated heterocycles. The van der Waals surface area contributed by atoms with E-state index in [1.54, 1.807) is 5.56 Å². The Labute approximate surface area is 124 Å². The molecule has 5 unspecified atom stereocenters. The molecule has 0 bridgehead atoms. The van der Waals surface area contributed by atoms with Gasteiger partial charge in [-0.25, -0.2) is 0 Å². The van der Waals surface area contributed by atoms with Gasteiger partial charge in [-0.2, -0.15) is 0 Å². The van der Waals surface area contributed by atoms with Gasteiger partial charge in [-0.1, -0.05) is 50.6 Å². The lowest BCUT2D eigenvalue weighted by atomic mass is 9.91. The van der Waals surface area contributed by atoms with Gasteiger partial charge in [0.25, 0.3) is 0 Å². The molecule has 2 aliphatic rings. The number of rotatable bonds is 6. The highest BCUT2D eigenvalue weighted by Crippen LogP contribution is 2.53. The van der Waals surface area contributed by atoms with Gasteiger partial charge in [0.2, 0.25) is 0 Å². The fourth-order valence-electron chi connectivity index (χ4n) is 4.25. The Kier molecular flexibility index (Phi) is 4.45. The lowest BCUT2D eigenvalue weighted by Crippen LogP contribution is -2.38. The van der Waals surface area contributed by atoms with Crippen molar-refractivity contribution < 1.29 is 0 Å². The smallest absolute Gasteiger partial charge is 0.0130 e. The summed E-state index contributed by atoms with van der Waals surface area (Å²) in [5.74, 6) is 3.58. The van der Waals surface area contributed by atoms with Gasteiger partial charge in [0.15, 0.2) is 0 Å². The monoisotopic (exact) mass is 271 g/mol. The Hall–Kier alpha value is -0.820.